The molecule has 0 heterocycles. The average Bonchev–Trinajstić information content (AvgIpc) is 2.60. The van der Waals surface area contributed by atoms with Crippen molar-refractivity contribution in [1.82, 2.24) is 0 Å². The first-order chi connectivity index (χ1) is 11.5. The number of Topliss-reactive ketones (excluding diaryl/α,β-unsaturated/α-hetero) is 1. The van der Waals surface area contributed by atoms with Crippen LogP contribution in [0.15, 0.2) is 54.6 Å². The molecule has 0 saturated carbocycles. The molecule has 0 N–H and O–H groups in total. The van der Waals surface area contributed by atoms with Gasteiger partial charge in [-0.25, -0.2) is 0 Å². The van der Waals surface area contributed by atoms with E-state index in [1.165, 1.54) is 12.1 Å². The zero-order valence-corrected chi connectivity index (χ0v) is 13.2. The number of hydrogen-bond acceptors (Lipinski definition) is 5. The molecule has 0 aromatic heterocycles. The Morgan fingerprint density at radius 1 is 1.08 bits per heavy atom. The summed E-state index contributed by atoms with van der Waals surface area (Å²) in [6.07, 6.45) is 0.130. The number of benzene rings is 2. The Morgan fingerprint density at radius 2 is 1.71 bits per heavy atom. The third-order valence-electron chi connectivity index (χ3n) is 3.53. The van der Waals surface area contributed by atoms with Crippen molar-refractivity contribution in [3.8, 4) is 0 Å². The fourth-order valence-electron chi connectivity index (χ4n) is 2.32. The average molecular weight is 327 g/mol. The van der Waals surface area contributed by atoms with Crippen molar-refractivity contribution in [2.45, 2.75) is 13.3 Å². The second kappa shape index (κ2) is 8.01. The van der Waals surface area contributed by atoms with Gasteiger partial charge in [-0.2, -0.15) is 0 Å². The first-order valence-corrected chi connectivity index (χ1v) is 7.52. The third kappa shape index (κ3) is 4.25. The predicted molar refractivity (Wildman–Crippen MR) is 87.7 cm³/mol. The lowest BCUT2D eigenvalue weighted by Crippen LogP contribution is -2.28. The van der Waals surface area contributed by atoms with Crippen LogP contribution in [-0.2, 0) is 16.0 Å². The summed E-state index contributed by atoms with van der Waals surface area (Å²) in [5.74, 6) is -1.90. The van der Waals surface area contributed by atoms with E-state index in [-0.39, 0.29) is 24.5 Å². The topological polar surface area (TPSA) is 86.5 Å². The first-order valence-electron chi connectivity index (χ1n) is 7.52. The smallest absolute Gasteiger partial charge is 0.317 e. The standard InChI is InChI=1S/C18H17NO5/c1-2-24-18(21)16(17(20)14-6-4-3-5-7-14)12-13-8-10-15(11-9-13)19(22)23/h3-11,16H,2,12H2,1H3. The summed E-state index contributed by atoms with van der Waals surface area (Å²) < 4.78 is 5.01. The van der Waals surface area contributed by atoms with Crippen LogP contribution in [-0.4, -0.2) is 23.3 Å². The van der Waals surface area contributed by atoms with Crippen molar-refractivity contribution in [3.05, 3.63) is 75.8 Å². The maximum atomic E-state index is 12.6. The zero-order chi connectivity index (χ0) is 17.5. The van der Waals surface area contributed by atoms with E-state index < -0.39 is 16.8 Å². The summed E-state index contributed by atoms with van der Waals surface area (Å²) in [4.78, 5) is 35.0. The molecule has 0 saturated heterocycles. The molecule has 0 bridgehead atoms. The van der Waals surface area contributed by atoms with E-state index in [1.54, 1.807) is 49.4 Å². The minimum absolute atomic E-state index is 0.0409. The number of rotatable bonds is 7. The van der Waals surface area contributed by atoms with E-state index in [0.717, 1.165) is 0 Å². The van der Waals surface area contributed by atoms with Gasteiger partial charge < -0.3 is 4.74 Å². The van der Waals surface area contributed by atoms with Gasteiger partial charge in [-0.15, -0.1) is 0 Å². The van der Waals surface area contributed by atoms with Crippen LogP contribution >= 0.6 is 0 Å². The lowest BCUT2D eigenvalue weighted by atomic mass is 9.91. The first kappa shape index (κ1) is 17.3. The van der Waals surface area contributed by atoms with Crippen LogP contribution in [0.25, 0.3) is 0 Å². The monoisotopic (exact) mass is 327 g/mol. The molecule has 0 spiro atoms. The molecule has 0 aliphatic heterocycles. The van der Waals surface area contributed by atoms with Gasteiger partial charge in [0.2, 0.25) is 0 Å². The molecular weight excluding hydrogens is 310 g/mol. The van der Waals surface area contributed by atoms with Crippen molar-refractivity contribution in [3.63, 3.8) is 0 Å². The second-order valence-corrected chi connectivity index (χ2v) is 5.16. The zero-order valence-electron chi connectivity index (χ0n) is 13.2. The van der Waals surface area contributed by atoms with Gasteiger partial charge in [0.1, 0.15) is 5.92 Å². The molecule has 0 amide bonds. The number of ether oxygens (including phenoxy) is 1. The number of nitrogens with zero attached hydrogens (tertiary/aromatic N) is 1. The molecule has 0 aliphatic carbocycles. The Morgan fingerprint density at radius 3 is 2.25 bits per heavy atom. The Labute approximate surface area is 139 Å². The number of nitro benzene ring substituents is 1. The fraction of sp³-hybridized carbons (Fsp3) is 0.222. The Hall–Kier alpha value is -3.02. The number of ketones is 1. The van der Waals surface area contributed by atoms with Gasteiger partial charge in [0.05, 0.1) is 11.5 Å². The lowest BCUT2D eigenvalue weighted by molar-refractivity contribution is -0.384. The molecule has 24 heavy (non-hydrogen) atoms. The van der Waals surface area contributed by atoms with Crippen molar-refractivity contribution < 1.29 is 19.2 Å². The van der Waals surface area contributed by atoms with Gasteiger partial charge in [-0.05, 0) is 18.9 Å². The van der Waals surface area contributed by atoms with Crippen LogP contribution in [0.2, 0.25) is 0 Å². The number of carbonyl (C=O) groups is 2. The molecule has 2 aromatic rings. The Bertz CT molecular complexity index is 725. The maximum absolute atomic E-state index is 12.6. The highest BCUT2D eigenvalue weighted by Gasteiger charge is 2.29. The lowest BCUT2D eigenvalue weighted by Gasteiger charge is -2.14. The molecule has 124 valence electrons. The van der Waals surface area contributed by atoms with Gasteiger partial charge in [0.15, 0.2) is 5.78 Å². The van der Waals surface area contributed by atoms with E-state index in [2.05, 4.69) is 0 Å². The summed E-state index contributed by atoms with van der Waals surface area (Å²) >= 11 is 0. The van der Waals surface area contributed by atoms with Gasteiger partial charge >= 0.3 is 5.97 Å². The number of nitro groups is 1. The molecule has 0 aliphatic rings. The minimum atomic E-state index is -0.978. The van der Waals surface area contributed by atoms with Gasteiger partial charge in [0, 0.05) is 17.7 Å². The molecule has 2 aromatic carbocycles. The molecule has 6 heteroatoms. The highest BCUT2D eigenvalue weighted by Crippen LogP contribution is 2.19. The molecule has 1 atom stereocenters. The summed E-state index contributed by atoms with van der Waals surface area (Å²) in [5.41, 5.74) is 1.04. The Kier molecular flexibility index (Phi) is 5.78. The summed E-state index contributed by atoms with van der Waals surface area (Å²) in [5, 5.41) is 10.7. The summed E-state index contributed by atoms with van der Waals surface area (Å²) in [6, 6.07) is 14.3. The molecule has 0 radical (unpaired) electrons. The van der Waals surface area contributed by atoms with Gasteiger partial charge in [-0.3, -0.25) is 19.7 Å². The van der Waals surface area contributed by atoms with E-state index in [4.69, 9.17) is 4.74 Å². The number of carbonyl (C=O) groups excluding carboxylic acids is 2. The predicted octanol–water partition coefficient (Wildman–Crippen LogP) is 3.20. The summed E-state index contributed by atoms with van der Waals surface area (Å²) in [7, 11) is 0. The van der Waals surface area contributed by atoms with Crippen molar-refractivity contribution in [2.75, 3.05) is 6.61 Å². The molecular formula is C18H17NO5. The highest BCUT2D eigenvalue weighted by molar-refractivity contribution is 6.08. The van der Waals surface area contributed by atoms with Crippen LogP contribution in [0.4, 0.5) is 5.69 Å². The molecule has 0 fully saturated rings. The van der Waals surface area contributed by atoms with Crippen LogP contribution in [0, 0.1) is 16.0 Å². The van der Waals surface area contributed by atoms with E-state index in [1.807, 2.05) is 0 Å². The van der Waals surface area contributed by atoms with Crippen molar-refractivity contribution in [2.24, 2.45) is 5.92 Å². The van der Waals surface area contributed by atoms with E-state index in [0.29, 0.717) is 11.1 Å². The summed E-state index contributed by atoms with van der Waals surface area (Å²) in [6.45, 7) is 1.85. The second-order valence-electron chi connectivity index (χ2n) is 5.16. The normalized spacial score (nSPS) is 11.5. The van der Waals surface area contributed by atoms with E-state index in [9.17, 15) is 19.7 Å². The largest absolute Gasteiger partial charge is 0.465 e. The number of hydrogen-bond donors (Lipinski definition) is 0. The van der Waals surface area contributed by atoms with Gasteiger partial charge in [-0.1, -0.05) is 42.5 Å². The maximum Gasteiger partial charge on any atom is 0.317 e. The van der Waals surface area contributed by atoms with E-state index >= 15 is 0 Å². The number of non-ortho nitro benzene ring substituents is 1. The SMILES string of the molecule is CCOC(=O)C(Cc1ccc([N+](=O)[O-])cc1)C(=O)c1ccccc1. The van der Waals surface area contributed by atoms with Crippen LogP contribution in [0.3, 0.4) is 0 Å². The molecule has 2 rings (SSSR count). The quantitative estimate of drug-likeness (QED) is 0.256. The fourth-order valence-corrected chi connectivity index (χ4v) is 2.32. The van der Waals surface area contributed by atoms with Crippen molar-refractivity contribution in [1.29, 1.82) is 0 Å². The van der Waals surface area contributed by atoms with Crippen LogP contribution in [0.5, 0.6) is 0 Å². The molecule has 6 nitrogen and oxygen atoms in total. The van der Waals surface area contributed by atoms with Crippen molar-refractivity contribution >= 4 is 17.4 Å². The Balaban J connectivity index is 2.24. The highest BCUT2D eigenvalue weighted by atomic mass is 16.6. The third-order valence-corrected chi connectivity index (χ3v) is 3.53. The van der Waals surface area contributed by atoms with Crippen LogP contribution in [0.1, 0.15) is 22.8 Å². The van der Waals surface area contributed by atoms with Gasteiger partial charge in [0.25, 0.3) is 5.69 Å². The molecule has 1 unspecified atom stereocenters. The minimum Gasteiger partial charge on any atom is -0.465 e. The number of esters is 1. The van der Waals surface area contributed by atoms with Crippen LogP contribution < -0.4 is 0 Å².